The second-order valence-corrected chi connectivity index (χ2v) is 8.78. The van der Waals surface area contributed by atoms with E-state index < -0.39 is 10.0 Å². The molecule has 1 amide bonds. The van der Waals surface area contributed by atoms with Crippen LogP contribution in [0.1, 0.15) is 37.8 Å². The highest BCUT2D eigenvalue weighted by atomic mass is 32.2. The van der Waals surface area contributed by atoms with E-state index in [1.54, 1.807) is 12.1 Å². The number of benzene rings is 2. The van der Waals surface area contributed by atoms with Gasteiger partial charge in [0.1, 0.15) is 12.3 Å². The summed E-state index contributed by atoms with van der Waals surface area (Å²) in [5.74, 6) is 0.703. The van der Waals surface area contributed by atoms with Crippen LogP contribution in [0.4, 0.5) is 5.69 Å². The standard InChI is InChI=1S/C21H28N2O4S/c1-5-27-20-8-6-7-17(13-20)14-22-21(24)15-23(28(4,25)26)19-11-9-18(10-12-19)16(2)3/h6-13,16H,5,14-15H2,1-4H3,(H,22,24). The summed E-state index contributed by atoms with van der Waals surface area (Å²) in [4.78, 5) is 12.4. The first-order valence-electron chi connectivity index (χ1n) is 9.26. The van der Waals surface area contributed by atoms with E-state index in [1.807, 2.05) is 43.3 Å². The van der Waals surface area contributed by atoms with Crippen molar-refractivity contribution in [3.05, 3.63) is 59.7 Å². The van der Waals surface area contributed by atoms with Gasteiger partial charge in [0.25, 0.3) is 0 Å². The first-order chi connectivity index (χ1) is 13.2. The normalized spacial score (nSPS) is 11.3. The van der Waals surface area contributed by atoms with Gasteiger partial charge in [-0.05, 0) is 48.2 Å². The van der Waals surface area contributed by atoms with Crippen molar-refractivity contribution in [3.63, 3.8) is 0 Å². The molecule has 2 rings (SSSR count). The quantitative estimate of drug-likeness (QED) is 0.696. The first-order valence-corrected chi connectivity index (χ1v) is 11.1. The Morgan fingerprint density at radius 1 is 1.14 bits per heavy atom. The van der Waals surface area contributed by atoms with Crippen molar-refractivity contribution in [2.45, 2.75) is 33.2 Å². The molecule has 28 heavy (non-hydrogen) atoms. The Balaban J connectivity index is 2.06. The SMILES string of the molecule is CCOc1cccc(CNC(=O)CN(c2ccc(C(C)C)cc2)S(C)(=O)=O)c1. The zero-order valence-corrected chi connectivity index (χ0v) is 17.6. The Bertz CT molecular complexity index is 893. The van der Waals surface area contributed by atoms with E-state index in [4.69, 9.17) is 4.74 Å². The molecule has 0 aliphatic carbocycles. The lowest BCUT2D eigenvalue weighted by Crippen LogP contribution is -2.40. The van der Waals surface area contributed by atoms with Crippen molar-refractivity contribution in [2.75, 3.05) is 23.7 Å². The number of nitrogens with zero attached hydrogens (tertiary/aromatic N) is 1. The number of sulfonamides is 1. The number of amides is 1. The maximum Gasteiger partial charge on any atom is 0.241 e. The minimum atomic E-state index is -3.59. The van der Waals surface area contributed by atoms with Crippen LogP contribution in [0.15, 0.2) is 48.5 Å². The van der Waals surface area contributed by atoms with Crippen LogP contribution in [-0.2, 0) is 21.4 Å². The minimum Gasteiger partial charge on any atom is -0.494 e. The third-order valence-corrected chi connectivity index (χ3v) is 5.37. The van der Waals surface area contributed by atoms with Crippen LogP contribution in [0.5, 0.6) is 5.75 Å². The van der Waals surface area contributed by atoms with Crippen LogP contribution in [0.25, 0.3) is 0 Å². The van der Waals surface area contributed by atoms with E-state index in [0.29, 0.717) is 24.8 Å². The minimum absolute atomic E-state index is 0.273. The van der Waals surface area contributed by atoms with E-state index in [0.717, 1.165) is 27.4 Å². The number of anilines is 1. The van der Waals surface area contributed by atoms with Crippen molar-refractivity contribution in [3.8, 4) is 5.75 Å². The maximum absolute atomic E-state index is 12.4. The van der Waals surface area contributed by atoms with Gasteiger partial charge in [-0.3, -0.25) is 9.10 Å². The number of carbonyl (C=O) groups is 1. The lowest BCUT2D eigenvalue weighted by Gasteiger charge is -2.22. The van der Waals surface area contributed by atoms with Gasteiger partial charge >= 0.3 is 0 Å². The van der Waals surface area contributed by atoms with Crippen LogP contribution in [0.3, 0.4) is 0 Å². The van der Waals surface area contributed by atoms with E-state index in [2.05, 4.69) is 19.2 Å². The molecular formula is C21H28N2O4S. The highest BCUT2D eigenvalue weighted by molar-refractivity contribution is 7.92. The summed E-state index contributed by atoms with van der Waals surface area (Å²) in [5.41, 5.74) is 2.46. The van der Waals surface area contributed by atoms with Gasteiger partial charge in [0.05, 0.1) is 18.6 Å². The number of rotatable bonds is 9. The van der Waals surface area contributed by atoms with Gasteiger partial charge in [0.2, 0.25) is 15.9 Å². The smallest absolute Gasteiger partial charge is 0.241 e. The Kier molecular flexibility index (Phi) is 7.45. The van der Waals surface area contributed by atoms with E-state index in [1.165, 1.54) is 0 Å². The van der Waals surface area contributed by atoms with Crippen molar-refractivity contribution >= 4 is 21.6 Å². The summed E-state index contributed by atoms with van der Waals surface area (Å²) >= 11 is 0. The molecule has 2 aromatic rings. The molecule has 0 aromatic heterocycles. The molecule has 2 aromatic carbocycles. The molecule has 0 radical (unpaired) electrons. The molecule has 0 bridgehead atoms. The van der Waals surface area contributed by atoms with E-state index >= 15 is 0 Å². The lowest BCUT2D eigenvalue weighted by atomic mass is 10.0. The summed E-state index contributed by atoms with van der Waals surface area (Å²) in [6.45, 7) is 6.62. The van der Waals surface area contributed by atoms with E-state index in [-0.39, 0.29) is 12.5 Å². The average Bonchev–Trinajstić information content (AvgIpc) is 2.64. The number of carbonyl (C=O) groups excluding carboxylic acids is 1. The topological polar surface area (TPSA) is 75.7 Å². The number of ether oxygens (including phenoxy) is 1. The first kappa shape index (κ1) is 21.8. The second-order valence-electron chi connectivity index (χ2n) is 6.87. The molecule has 0 aliphatic rings. The Morgan fingerprint density at radius 2 is 1.82 bits per heavy atom. The highest BCUT2D eigenvalue weighted by Gasteiger charge is 2.20. The van der Waals surface area contributed by atoms with Gasteiger partial charge < -0.3 is 10.1 Å². The molecule has 6 nitrogen and oxygen atoms in total. The number of hydrogen-bond acceptors (Lipinski definition) is 4. The third kappa shape index (κ3) is 6.27. The molecule has 0 aliphatic heterocycles. The van der Waals surface area contributed by atoms with E-state index in [9.17, 15) is 13.2 Å². The molecule has 152 valence electrons. The molecule has 0 spiro atoms. The molecule has 0 saturated carbocycles. The van der Waals surface area contributed by atoms with Gasteiger partial charge in [-0.15, -0.1) is 0 Å². The Morgan fingerprint density at radius 3 is 2.39 bits per heavy atom. The summed E-state index contributed by atoms with van der Waals surface area (Å²) < 4.78 is 31.0. The van der Waals surface area contributed by atoms with Crippen molar-refractivity contribution in [2.24, 2.45) is 0 Å². The van der Waals surface area contributed by atoms with Crippen molar-refractivity contribution in [1.82, 2.24) is 5.32 Å². The molecule has 0 heterocycles. The zero-order chi connectivity index (χ0) is 20.7. The van der Waals surface area contributed by atoms with Gasteiger partial charge in [0.15, 0.2) is 0 Å². The summed E-state index contributed by atoms with van der Waals surface area (Å²) in [6, 6.07) is 14.7. The predicted molar refractivity (Wildman–Crippen MR) is 112 cm³/mol. The molecular weight excluding hydrogens is 376 g/mol. The van der Waals surface area contributed by atoms with Gasteiger partial charge in [-0.2, -0.15) is 0 Å². The number of nitrogens with one attached hydrogen (secondary N) is 1. The van der Waals surface area contributed by atoms with Crippen molar-refractivity contribution < 1.29 is 17.9 Å². The fourth-order valence-electron chi connectivity index (χ4n) is 2.72. The van der Waals surface area contributed by atoms with Crippen LogP contribution in [0.2, 0.25) is 0 Å². The van der Waals surface area contributed by atoms with Crippen LogP contribution >= 0.6 is 0 Å². The van der Waals surface area contributed by atoms with Crippen molar-refractivity contribution in [1.29, 1.82) is 0 Å². The molecule has 7 heteroatoms. The van der Waals surface area contributed by atoms with Crippen LogP contribution in [-0.4, -0.2) is 33.7 Å². The lowest BCUT2D eigenvalue weighted by molar-refractivity contribution is -0.119. The zero-order valence-electron chi connectivity index (χ0n) is 16.8. The van der Waals surface area contributed by atoms with Crippen LogP contribution < -0.4 is 14.4 Å². The molecule has 0 saturated heterocycles. The predicted octanol–water partition coefficient (Wildman–Crippen LogP) is 3.29. The average molecular weight is 405 g/mol. The summed E-state index contributed by atoms with van der Waals surface area (Å²) in [7, 11) is -3.59. The van der Waals surface area contributed by atoms with Gasteiger partial charge in [0, 0.05) is 6.54 Å². The van der Waals surface area contributed by atoms with Gasteiger partial charge in [-0.1, -0.05) is 38.1 Å². The number of hydrogen-bond donors (Lipinski definition) is 1. The fraction of sp³-hybridized carbons (Fsp3) is 0.381. The molecule has 0 fully saturated rings. The fourth-order valence-corrected chi connectivity index (χ4v) is 3.58. The third-order valence-electron chi connectivity index (χ3n) is 4.23. The largest absolute Gasteiger partial charge is 0.494 e. The summed E-state index contributed by atoms with van der Waals surface area (Å²) in [5, 5.41) is 2.77. The summed E-state index contributed by atoms with van der Waals surface area (Å²) in [6.07, 6.45) is 1.10. The molecule has 0 atom stereocenters. The molecule has 0 unspecified atom stereocenters. The highest BCUT2D eigenvalue weighted by Crippen LogP contribution is 2.22. The van der Waals surface area contributed by atoms with Crippen LogP contribution in [0, 0.1) is 0 Å². The van der Waals surface area contributed by atoms with Gasteiger partial charge in [-0.25, -0.2) is 8.42 Å². The monoisotopic (exact) mass is 404 g/mol. The molecule has 1 N–H and O–H groups in total. The second kappa shape index (κ2) is 9.59. The Hall–Kier alpha value is -2.54. The Labute approximate surface area is 167 Å². The maximum atomic E-state index is 12.4.